The van der Waals surface area contributed by atoms with Crippen LogP contribution in [-0.2, 0) is 20.7 Å². The Balaban J connectivity index is 2.14. The standard InChI is InChI=1S/C18H18N2O5/c1-25-18(22)12-15(13-7-3-2-4-8-13)19-17(21)11-14-9-5-6-10-16(14)20(23)24/h2-10,15H,11-12H2,1H3,(H,19,21)/t15-/m1/s1. The quantitative estimate of drug-likeness (QED) is 0.474. The van der Waals surface area contributed by atoms with E-state index in [0.717, 1.165) is 5.56 Å². The summed E-state index contributed by atoms with van der Waals surface area (Å²) in [7, 11) is 1.28. The highest BCUT2D eigenvalue weighted by Crippen LogP contribution is 2.20. The summed E-state index contributed by atoms with van der Waals surface area (Å²) in [6.45, 7) is 0. The number of nitrogens with one attached hydrogen (secondary N) is 1. The Morgan fingerprint density at radius 3 is 2.40 bits per heavy atom. The van der Waals surface area contributed by atoms with Crippen molar-refractivity contribution in [3.8, 4) is 0 Å². The van der Waals surface area contributed by atoms with Crippen molar-refractivity contribution in [1.82, 2.24) is 5.32 Å². The van der Waals surface area contributed by atoms with Crippen molar-refractivity contribution in [1.29, 1.82) is 0 Å². The van der Waals surface area contributed by atoms with Crippen molar-refractivity contribution < 1.29 is 19.2 Å². The molecule has 0 radical (unpaired) electrons. The van der Waals surface area contributed by atoms with Crippen molar-refractivity contribution in [2.75, 3.05) is 7.11 Å². The summed E-state index contributed by atoms with van der Waals surface area (Å²) in [6.07, 6.45) is -0.176. The first-order valence-electron chi connectivity index (χ1n) is 7.64. The number of hydrogen-bond donors (Lipinski definition) is 1. The van der Waals surface area contributed by atoms with E-state index in [1.807, 2.05) is 6.07 Å². The van der Waals surface area contributed by atoms with Crippen LogP contribution < -0.4 is 5.32 Å². The number of rotatable bonds is 7. The molecule has 0 unspecified atom stereocenters. The van der Waals surface area contributed by atoms with Gasteiger partial charge in [-0.15, -0.1) is 0 Å². The van der Waals surface area contributed by atoms with E-state index in [0.29, 0.717) is 5.56 Å². The van der Waals surface area contributed by atoms with Gasteiger partial charge in [-0.05, 0) is 5.56 Å². The molecule has 2 rings (SSSR count). The van der Waals surface area contributed by atoms with Crippen LogP contribution in [0.2, 0.25) is 0 Å². The molecule has 0 fully saturated rings. The van der Waals surface area contributed by atoms with E-state index >= 15 is 0 Å². The Bertz CT molecular complexity index is 761. The molecule has 7 nitrogen and oxygen atoms in total. The first-order chi connectivity index (χ1) is 12.0. The molecule has 0 aromatic heterocycles. The van der Waals surface area contributed by atoms with Crippen molar-refractivity contribution in [3.63, 3.8) is 0 Å². The van der Waals surface area contributed by atoms with Gasteiger partial charge in [0, 0.05) is 11.6 Å². The molecule has 0 aliphatic rings. The molecule has 0 heterocycles. The van der Waals surface area contributed by atoms with Crippen LogP contribution >= 0.6 is 0 Å². The predicted octanol–water partition coefficient (Wildman–Crippen LogP) is 2.56. The van der Waals surface area contributed by atoms with Gasteiger partial charge in [-0.2, -0.15) is 0 Å². The fraction of sp³-hybridized carbons (Fsp3) is 0.222. The minimum Gasteiger partial charge on any atom is -0.469 e. The van der Waals surface area contributed by atoms with Crippen LogP contribution in [-0.4, -0.2) is 23.9 Å². The zero-order chi connectivity index (χ0) is 18.2. The van der Waals surface area contributed by atoms with Crippen molar-refractivity contribution in [3.05, 3.63) is 75.8 Å². The van der Waals surface area contributed by atoms with E-state index in [-0.39, 0.29) is 18.5 Å². The summed E-state index contributed by atoms with van der Waals surface area (Å²) in [4.78, 5) is 34.5. The lowest BCUT2D eigenvalue weighted by Gasteiger charge is -2.18. The summed E-state index contributed by atoms with van der Waals surface area (Å²) in [5.41, 5.74) is 0.959. The topological polar surface area (TPSA) is 98.5 Å². The molecule has 25 heavy (non-hydrogen) atoms. The zero-order valence-electron chi connectivity index (χ0n) is 13.7. The largest absolute Gasteiger partial charge is 0.469 e. The van der Waals surface area contributed by atoms with Crippen LogP contribution in [0, 0.1) is 10.1 Å². The van der Waals surface area contributed by atoms with Gasteiger partial charge in [0.2, 0.25) is 5.91 Å². The third kappa shape index (κ3) is 5.13. The highest BCUT2D eigenvalue weighted by molar-refractivity contribution is 5.81. The Kier molecular flexibility index (Phi) is 6.22. The Hall–Kier alpha value is -3.22. The van der Waals surface area contributed by atoms with Gasteiger partial charge in [0.05, 0.1) is 30.9 Å². The molecule has 0 aliphatic carbocycles. The van der Waals surface area contributed by atoms with E-state index in [9.17, 15) is 19.7 Å². The maximum atomic E-state index is 12.4. The zero-order valence-corrected chi connectivity index (χ0v) is 13.7. The second kappa shape index (κ2) is 8.58. The van der Waals surface area contributed by atoms with E-state index < -0.39 is 22.8 Å². The van der Waals surface area contributed by atoms with Crippen LogP contribution in [0.4, 0.5) is 5.69 Å². The first kappa shape index (κ1) is 18.1. The maximum absolute atomic E-state index is 12.4. The number of hydrogen-bond acceptors (Lipinski definition) is 5. The average molecular weight is 342 g/mol. The normalized spacial score (nSPS) is 11.4. The van der Waals surface area contributed by atoms with Gasteiger partial charge < -0.3 is 10.1 Å². The first-order valence-corrected chi connectivity index (χ1v) is 7.64. The number of para-hydroxylation sites is 1. The third-order valence-corrected chi connectivity index (χ3v) is 3.67. The highest BCUT2D eigenvalue weighted by Gasteiger charge is 2.21. The lowest BCUT2D eigenvalue weighted by Crippen LogP contribution is -2.31. The van der Waals surface area contributed by atoms with Crippen LogP contribution in [0.5, 0.6) is 0 Å². The lowest BCUT2D eigenvalue weighted by molar-refractivity contribution is -0.385. The Morgan fingerprint density at radius 1 is 1.12 bits per heavy atom. The number of methoxy groups -OCH3 is 1. The number of nitro benzene ring substituents is 1. The van der Waals surface area contributed by atoms with Gasteiger partial charge >= 0.3 is 5.97 Å². The highest BCUT2D eigenvalue weighted by atomic mass is 16.6. The van der Waals surface area contributed by atoms with Gasteiger partial charge in [-0.1, -0.05) is 48.5 Å². The monoisotopic (exact) mass is 342 g/mol. The number of esters is 1. The maximum Gasteiger partial charge on any atom is 0.307 e. The van der Waals surface area contributed by atoms with Crippen LogP contribution in [0.15, 0.2) is 54.6 Å². The molecular weight excluding hydrogens is 324 g/mol. The number of benzene rings is 2. The smallest absolute Gasteiger partial charge is 0.307 e. The Morgan fingerprint density at radius 2 is 1.76 bits per heavy atom. The average Bonchev–Trinajstić information content (AvgIpc) is 2.62. The molecule has 1 amide bonds. The molecule has 0 spiro atoms. The fourth-order valence-electron chi connectivity index (χ4n) is 2.44. The Labute approximate surface area is 144 Å². The molecule has 0 saturated heterocycles. The summed E-state index contributed by atoms with van der Waals surface area (Å²) < 4.78 is 4.67. The number of nitro groups is 1. The third-order valence-electron chi connectivity index (χ3n) is 3.67. The number of carbonyl (C=O) groups excluding carboxylic acids is 2. The van der Waals surface area contributed by atoms with Gasteiger partial charge in [-0.3, -0.25) is 19.7 Å². The molecule has 1 N–H and O–H groups in total. The predicted molar refractivity (Wildman–Crippen MR) is 90.8 cm³/mol. The van der Waals surface area contributed by atoms with E-state index in [1.165, 1.54) is 19.2 Å². The van der Waals surface area contributed by atoms with Crippen molar-refractivity contribution >= 4 is 17.6 Å². The van der Waals surface area contributed by atoms with E-state index in [4.69, 9.17) is 0 Å². The lowest BCUT2D eigenvalue weighted by atomic mass is 10.0. The molecule has 0 saturated carbocycles. The van der Waals surface area contributed by atoms with Gasteiger partial charge in [0.15, 0.2) is 0 Å². The molecule has 130 valence electrons. The second-order valence-electron chi connectivity index (χ2n) is 5.37. The minimum atomic E-state index is -0.566. The fourth-order valence-corrected chi connectivity index (χ4v) is 2.44. The molecule has 0 bridgehead atoms. The summed E-state index contributed by atoms with van der Waals surface area (Å²) in [5, 5.41) is 13.8. The number of amides is 1. The summed E-state index contributed by atoms with van der Waals surface area (Å²) >= 11 is 0. The van der Waals surface area contributed by atoms with Crippen LogP contribution in [0.1, 0.15) is 23.6 Å². The van der Waals surface area contributed by atoms with Gasteiger partial charge in [0.1, 0.15) is 0 Å². The van der Waals surface area contributed by atoms with Crippen LogP contribution in [0.3, 0.4) is 0 Å². The molecule has 2 aromatic rings. The van der Waals surface area contributed by atoms with E-state index in [2.05, 4.69) is 10.1 Å². The second-order valence-corrected chi connectivity index (χ2v) is 5.37. The molecular formula is C18H18N2O5. The van der Waals surface area contributed by atoms with Gasteiger partial charge in [-0.25, -0.2) is 0 Å². The van der Waals surface area contributed by atoms with E-state index in [1.54, 1.807) is 36.4 Å². The van der Waals surface area contributed by atoms with Crippen LogP contribution in [0.25, 0.3) is 0 Å². The molecule has 7 heteroatoms. The van der Waals surface area contributed by atoms with Crippen molar-refractivity contribution in [2.24, 2.45) is 0 Å². The van der Waals surface area contributed by atoms with Gasteiger partial charge in [0.25, 0.3) is 5.69 Å². The molecule has 2 aromatic carbocycles. The summed E-state index contributed by atoms with van der Waals surface area (Å²) in [6, 6.07) is 14.5. The minimum absolute atomic E-state index is 0.0247. The summed E-state index contributed by atoms with van der Waals surface area (Å²) in [5.74, 6) is -0.869. The number of ether oxygens (including phenoxy) is 1. The number of nitrogens with zero attached hydrogens (tertiary/aromatic N) is 1. The SMILES string of the molecule is COC(=O)C[C@@H](NC(=O)Cc1ccccc1[N+](=O)[O-])c1ccccc1. The number of carbonyl (C=O) groups is 2. The molecule has 0 aliphatic heterocycles. The molecule has 1 atom stereocenters. The van der Waals surface area contributed by atoms with Crippen molar-refractivity contribution in [2.45, 2.75) is 18.9 Å².